The zero-order chi connectivity index (χ0) is 19.4. The minimum atomic E-state index is -0.255. The lowest BCUT2D eigenvalue weighted by molar-refractivity contribution is 0.0923. The second kappa shape index (κ2) is 8.22. The third kappa shape index (κ3) is 3.95. The lowest BCUT2D eigenvalue weighted by Crippen LogP contribution is -2.23. The Hall–Kier alpha value is -2.86. The van der Waals surface area contributed by atoms with Crippen LogP contribution in [0.3, 0.4) is 0 Å². The van der Waals surface area contributed by atoms with Gasteiger partial charge < -0.3 is 19.2 Å². The Kier molecular flexibility index (Phi) is 5.76. The van der Waals surface area contributed by atoms with Crippen molar-refractivity contribution < 1.29 is 18.7 Å². The average Bonchev–Trinajstić information content (AvgIpc) is 3.03. The van der Waals surface area contributed by atoms with Gasteiger partial charge in [-0.05, 0) is 38.0 Å². The molecule has 0 unspecified atom stereocenters. The number of aromatic nitrogens is 1. The second-order valence-electron chi connectivity index (χ2n) is 6.45. The summed E-state index contributed by atoms with van der Waals surface area (Å²) in [5.41, 5.74) is 4.52. The Labute approximate surface area is 158 Å². The Morgan fingerprint density at radius 1 is 1.15 bits per heavy atom. The van der Waals surface area contributed by atoms with Crippen molar-refractivity contribution in [3.8, 4) is 5.88 Å². The zero-order valence-electron chi connectivity index (χ0n) is 16.1. The first-order valence-electron chi connectivity index (χ1n) is 8.86. The highest BCUT2D eigenvalue weighted by molar-refractivity contribution is 6.00. The highest BCUT2D eigenvalue weighted by Gasteiger charge is 2.20. The van der Waals surface area contributed by atoms with Crippen molar-refractivity contribution in [1.29, 1.82) is 0 Å². The molecule has 0 aliphatic rings. The maximum absolute atomic E-state index is 12.7. The summed E-state index contributed by atoms with van der Waals surface area (Å²) in [4.78, 5) is 16.9. The molecular formula is C21H24N2O4. The van der Waals surface area contributed by atoms with Gasteiger partial charge in [0.2, 0.25) is 5.88 Å². The molecule has 1 N–H and O–H groups in total. The SMILES string of the molecule is COCCOc1ncccc1CNC(=O)c1oc2c(C)ccc(C)c2c1C. The van der Waals surface area contributed by atoms with Crippen LogP contribution in [0.2, 0.25) is 0 Å². The molecular weight excluding hydrogens is 344 g/mol. The Morgan fingerprint density at radius 3 is 2.67 bits per heavy atom. The minimum absolute atomic E-state index is 0.255. The molecule has 0 fully saturated rings. The van der Waals surface area contributed by atoms with Crippen LogP contribution in [-0.2, 0) is 11.3 Å². The molecule has 3 aromatic rings. The van der Waals surface area contributed by atoms with Crippen molar-refractivity contribution in [1.82, 2.24) is 10.3 Å². The summed E-state index contributed by atoms with van der Waals surface area (Å²) < 4.78 is 16.5. The van der Waals surface area contributed by atoms with Gasteiger partial charge >= 0.3 is 0 Å². The predicted molar refractivity (Wildman–Crippen MR) is 103 cm³/mol. The first-order chi connectivity index (χ1) is 13.0. The number of fused-ring (bicyclic) bond motifs is 1. The quantitative estimate of drug-likeness (QED) is 0.644. The summed E-state index contributed by atoms with van der Waals surface area (Å²) in [6.45, 7) is 7.08. The van der Waals surface area contributed by atoms with E-state index in [1.807, 2.05) is 45.0 Å². The molecule has 0 radical (unpaired) electrons. The van der Waals surface area contributed by atoms with E-state index < -0.39 is 0 Å². The number of amides is 1. The maximum atomic E-state index is 12.7. The maximum Gasteiger partial charge on any atom is 0.287 e. The highest BCUT2D eigenvalue weighted by Crippen LogP contribution is 2.30. The Bertz CT molecular complexity index is 962. The molecule has 0 spiro atoms. The average molecular weight is 368 g/mol. The van der Waals surface area contributed by atoms with Gasteiger partial charge in [0, 0.05) is 36.4 Å². The number of nitrogens with one attached hydrogen (secondary N) is 1. The number of carbonyl (C=O) groups is 1. The fraction of sp³-hybridized carbons (Fsp3) is 0.333. The van der Waals surface area contributed by atoms with Gasteiger partial charge in [-0.15, -0.1) is 0 Å². The number of pyridine rings is 1. The summed E-state index contributed by atoms with van der Waals surface area (Å²) in [5.74, 6) is 0.574. The number of hydrogen-bond acceptors (Lipinski definition) is 5. The summed E-state index contributed by atoms with van der Waals surface area (Å²) >= 11 is 0. The molecule has 0 aliphatic carbocycles. The van der Waals surface area contributed by atoms with Crippen LogP contribution in [-0.4, -0.2) is 31.2 Å². The van der Waals surface area contributed by atoms with Crippen molar-refractivity contribution in [3.05, 3.63) is 58.5 Å². The van der Waals surface area contributed by atoms with Crippen LogP contribution in [0.5, 0.6) is 5.88 Å². The predicted octanol–water partition coefficient (Wildman–Crippen LogP) is 3.71. The second-order valence-corrected chi connectivity index (χ2v) is 6.45. The van der Waals surface area contributed by atoms with Crippen molar-refractivity contribution in [2.24, 2.45) is 0 Å². The molecule has 1 aromatic carbocycles. The lowest BCUT2D eigenvalue weighted by atomic mass is 10.0. The summed E-state index contributed by atoms with van der Waals surface area (Å²) in [6.07, 6.45) is 1.66. The van der Waals surface area contributed by atoms with Gasteiger partial charge in [0.15, 0.2) is 5.76 Å². The van der Waals surface area contributed by atoms with E-state index in [9.17, 15) is 4.79 Å². The van der Waals surface area contributed by atoms with Gasteiger partial charge in [0.05, 0.1) is 6.61 Å². The summed E-state index contributed by atoms with van der Waals surface area (Å²) in [5, 5.41) is 3.91. The van der Waals surface area contributed by atoms with Gasteiger partial charge in [0.25, 0.3) is 5.91 Å². The van der Waals surface area contributed by atoms with Crippen LogP contribution in [0.15, 0.2) is 34.9 Å². The number of benzene rings is 1. The van der Waals surface area contributed by atoms with Crippen molar-refractivity contribution >= 4 is 16.9 Å². The molecule has 0 atom stereocenters. The van der Waals surface area contributed by atoms with E-state index in [-0.39, 0.29) is 5.91 Å². The number of carbonyl (C=O) groups excluding carboxylic acids is 1. The number of aryl methyl sites for hydroxylation is 3. The van der Waals surface area contributed by atoms with Gasteiger partial charge in [-0.25, -0.2) is 4.98 Å². The zero-order valence-corrected chi connectivity index (χ0v) is 16.1. The number of hydrogen-bond donors (Lipinski definition) is 1. The van der Waals surface area contributed by atoms with E-state index in [0.717, 1.165) is 33.2 Å². The number of furan rings is 1. The van der Waals surface area contributed by atoms with Crippen molar-refractivity contribution in [2.75, 3.05) is 20.3 Å². The van der Waals surface area contributed by atoms with Crippen molar-refractivity contribution in [3.63, 3.8) is 0 Å². The smallest absolute Gasteiger partial charge is 0.287 e. The third-order valence-corrected chi connectivity index (χ3v) is 4.50. The van der Waals surface area contributed by atoms with E-state index in [2.05, 4.69) is 10.3 Å². The monoisotopic (exact) mass is 368 g/mol. The molecule has 2 heterocycles. The first kappa shape index (κ1) is 18.9. The van der Waals surface area contributed by atoms with E-state index >= 15 is 0 Å². The van der Waals surface area contributed by atoms with Crippen LogP contribution in [0, 0.1) is 20.8 Å². The molecule has 142 valence electrons. The molecule has 1 amide bonds. The standard InChI is InChI=1S/C21H24N2O4/c1-13-7-8-14(2)18-17(13)15(3)19(27-18)20(24)23-12-16-6-5-9-22-21(16)26-11-10-25-4/h5-9H,10-12H2,1-4H3,(H,23,24). The molecule has 6 nitrogen and oxygen atoms in total. The molecule has 0 bridgehead atoms. The summed E-state index contributed by atoms with van der Waals surface area (Å²) in [7, 11) is 1.61. The number of methoxy groups -OCH3 is 1. The van der Waals surface area contributed by atoms with Crippen LogP contribution in [0.25, 0.3) is 11.0 Å². The lowest BCUT2D eigenvalue weighted by Gasteiger charge is -2.10. The van der Waals surface area contributed by atoms with Crippen LogP contribution in [0.4, 0.5) is 0 Å². The summed E-state index contributed by atoms with van der Waals surface area (Å²) in [6, 6.07) is 7.72. The van der Waals surface area contributed by atoms with Gasteiger partial charge in [0.1, 0.15) is 12.2 Å². The third-order valence-electron chi connectivity index (χ3n) is 4.50. The minimum Gasteiger partial charge on any atom is -0.475 e. The van der Waals surface area contributed by atoms with Crippen LogP contribution < -0.4 is 10.1 Å². The molecule has 6 heteroatoms. The van der Waals surface area contributed by atoms with Crippen molar-refractivity contribution in [2.45, 2.75) is 27.3 Å². The largest absolute Gasteiger partial charge is 0.475 e. The highest BCUT2D eigenvalue weighted by atomic mass is 16.5. The van der Waals surface area contributed by atoms with E-state index in [4.69, 9.17) is 13.9 Å². The molecule has 27 heavy (non-hydrogen) atoms. The topological polar surface area (TPSA) is 73.6 Å². The molecule has 0 saturated carbocycles. The normalized spacial score (nSPS) is 11.0. The van der Waals surface area contributed by atoms with Crippen LogP contribution >= 0.6 is 0 Å². The molecule has 0 aliphatic heterocycles. The molecule has 3 rings (SSSR count). The van der Waals surface area contributed by atoms with E-state index in [1.54, 1.807) is 13.3 Å². The van der Waals surface area contributed by atoms with Gasteiger partial charge in [-0.1, -0.05) is 18.2 Å². The Morgan fingerprint density at radius 2 is 1.93 bits per heavy atom. The Balaban J connectivity index is 1.78. The first-order valence-corrected chi connectivity index (χ1v) is 8.86. The van der Waals surface area contributed by atoms with E-state index in [1.165, 1.54) is 0 Å². The fourth-order valence-electron chi connectivity index (χ4n) is 3.06. The fourth-order valence-corrected chi connectivity index (χ4v) is 3.06. The van der Waals surface area contributed by atoms with Crippen LogP contribution in [0.1, 0.15) is 32.8 Å². The number of ether oxygens (including phenoxy) is 2. The van der Waals surface area contributed by atoms with Gasteiger partial charge in [-0.3, -0.25) is 4.79 Å². The van der Waals surface area contributed by atoms with Gasteiger partial charge in [-0.2, -0.15) is 0 Å². The number of nitrogens with zero attached hydrogens (tertiary/aromatic N) is 1. The molecule has 0 saturated heterocycles. The van der Waals surface area contributed by atoms with E-state index in [0.29, 0.717) is 31.4 Å². The number of rotatable bonds is 7. The molecule has 2 aromatic heterocycles.